The summed E-state index contributed by atoms with van der Waals surface area (Å²) in [6.07, 6.45) is 81.2. The predicted octanol–water partition coefficient (Wildman–Crippen LogP) is 21.0. The fourth-order valence-corrected chi connectivity index (χ4v) is 10.2. The van der Waals surface area contributed by atoms with E-state index in [9.17, 15) is 19.0 Å². The summed E-state index contributed by atoms with van der Waals surface area (Å²) in [6, 6.07) is 0. The van der Waals surface area contributed by atoms with Gasteiger partial charge in [0.15, 0.2) is 6.10 Å². The van der Waals surface area contributed by atoms with E-state index >= 15 is 0 Å². The summed E-state index contributed by atoms with van der Waals surface area (Å²) in [5, 5.41) is 0. The van der Waals surface area contributed by atoms with E-state index in [4.69, 9.17) is 18.5 Å². The Morgan fingerprint density at radius 3 is 1.02 bits per heavy atom. The molecule has 0 aliphatic heterocycles. The molecule has 0 rings (SSSR count). The molecule has 2 atom stereocenters. The molecule has 10 heteroatoms. The summed E-state index contributed by atoms with van der Waals surface area (Å²) in [4.78, 5) is 38.0. The minimum absolute atomic E-state index is 0.0339. The van der Waals surface area contributed by atoms with Gasteiger partial charge in [0.05, 0.1) is 27.7 Å². The monoisotopic (exact) mass is 1140 g/mol. The number of rotatable bonds is 62. The molecule has 9 nitrogen and oxygen atoms in total. The number of unbranched alkanes of at least 4 members (excludes halogenated alkanes) is 36. The van der Waals surface area contributed by atoms with Crippen LogP contribution in [0.1, 0.15) is 309 Å². The Balaban J connectivity index is 3.99. The Morgan fingerprint density at radius 1 is 0.388 bits per heavy atom. The molecule has 80 heavy (non-hydrogen) atoms. The Morgan fingerprint density at radius 2 is 0.675 bits per heavy atom. The van der Waals surface area contributed by atoms with Crippen molar-refractivity contribution in [1.82, 2.24) is 0 Å². The molecule has 466 valence electrons. The smallest absolute Gasteiger partial charge is 0.306 e. The largest absolute Gasteiger partial charge is 0.756 e. The Labute approximate surface area is 495 Å². The first-order valence-corrected chi connectivity index (χ1v) is 35.1. The van der Waals surface area contributed by atoms with Crippen LogP contribution in [0.2, 0.25) is 0 Å². The SMILES string of the molecule is CCCCC/C=C\C/C=C\C/C=C\CCCCCCCCC(=O)OCC(COP(=O)([O-])OCC[N+](C)(C)C)OC(=O)CCCCCCCCCCCCCCCCCCCCCCCC/C=C\C/C=C\C/C=C\CCCCCCC. The van der Waals surface area contributed by atoms with Crippen molar-refractivity contribution in [3.8, 4) is 0 Å². The van der Waals surface area contributed by atoms with Crippen molar-refractivity contribution < 1.29 is 42.1 Å². The third-order valence-electron chi connectivity index (χ3n) is 14.7. The van der Waals surface area contributed by atoms with E-state index < -0.39 is 32.5 Å². The van der Waals surface area contributed by atoms with Crippen molar-refractivity contribution in [3.63, 3.8) is 0 Å². The maximum Gasteiger partial charge on any atom is 0.306 e. The van der Waals surface area contributed by atoms with E-state index in [2.05, 4.69) is 86.8 Å². The fraction of sp³-hybridized carbons (Fsp3) is 0.800. The molecule has 0 saturated carbocycles. The van der Waals surface area contributed by atoms with Crippen LogP contribution < -0.4 is 4.89 Å². The molecule has 0 aliphatic carbocycles. The van der Waals surface area contributed by atoms with Gasteiger partial charge in [-0.1, -0.05) is 279 Å². The highest BCUT2D eigenvalue weighted by atomic mass is 31.2. The lowest BCUT2D eigenvalue weighted by atomic mass is 10.0. The third-order valence-corrected chi connectivity index (χ3v) is 15.7. The molecular weight excluding hydrogens is 1010 g/mol. The predicted molar refractivity (Wildman–Crippen MR) is 342 cm³/mol. The molecule has 0 saturated heterocycles. The molecule has 0 fully saturated rings. The number of quaternary nitrogens is 1. The molecule has 0 aromatic heterocycles. The Hall–Kier alpha value is -2.55. The van der Waals surface area contributed by atoms with Crippen molar-refractivity contribution in [2.45, 2.75) is 315 Å². The molecular formula is C70H128NO8P. The van der Waals surface area contributed by atoms with Crippen LogP contribution >= 0.6 is 7.82 Å². The van der Waals surface area contributed by atoms with Crippen LogP contribution in [0.25, 0.3) is 0 Å². The van der Waals surface area contributed by atoms with Gasteiger partial charge in [0.1, 0.15) is 19.8 Å². The number of likely N-dealkylation sites (N-methyl/N-ethyl adjacent to an activating group) is 1. The fourth-order valence-electron chi connectivity index (χ4n) is 9.50. The highest BCUT2D eigenvalue weighted by Crippen LogP contribution is 2.38. The first-order chi connectivity index (χ1) is 39.0. The molecule has 0 aromatic carbocycles. The topological polar surface area (TPSA) is 111 Å². The Bertz CT molecular complexity index is 1580. The van der Waals surface area contributed by atoms with Gasteiger partial charge in [-0.2, -0.15) is 0 Å². The lowest BCUT2D eigenvalue weighted by Crippen LogP contribution is -2.37. The van der Waals surface area contributed by atoms with Gasteiger partial charge >= 0.3 is 11.9 Å². The number of phosphoric acid groups is 1. The van der Waals surface area contributed by atoms with Crippen molar-refractivity contribution in [3.05, 3.63) is 72.9 Å². The molecule has 0 aliphatic rings. The molecule has 0 radical (unpaired) electrons. The van der Waals surface area contributed by atoms with E-state index in [1.807, 2.05) is 21.1 Å². The van der Waals surface area contributed by atoms with Gasteiger partial charge in [-0.05, 0) is 89.9 Å². The second-order valence-corrected chi connectivity index (χ2v) is 25.2. The van der Waals surface area contributed by atoms with Gasteiger partial charge in [-0.25, -0.2) is 0 Å². The zero-order valence-electron chi connectivity index (χ0n) is 53.0. The van der Waals surface area contributed by atoms with Crippen LogP contribution in [0.15, 0.2) is 72.9 Å². The number of hydrogen-bond donors (Lipinski definition) is 0. The summed E-state index contributed by atoms with van der Waals surface area (Å²) in [5.74, 6) is -0.838. The second-order valence-electron chi connectivity index (χ2n) is 23.8. The number of phosphoric ester groups is 1. The number of esters is 2. The highest BCUT2D eigenvalue weighted by molar-refractivity contribution is 7.45. The van der Waals surface area contributed by atoms with Crippen LogP contribution in [-0.2, 0) is 32.7 Å². The van der Waals surface area contributed by atoms with E-state index in [0.717, 1.165) is 70.6 Å². The molecule has 0 heterocycles. The van der Waals surface area contributed by atoms with Crippen LogP contribution in [0, 0.1) is 0 Å². The average molecular weight is 1140 g/mol. The van der Waals surface area contributed by atoms with E-state index in [0.29, 0.717) is 23.9 Å². The van der Waals surface area contributed by atoms with Crippen molar-refractivity contribution in [2.75, 3.05) is 47.5 Å². The maximum absolute atomic E-state index is 12.8. The third kappa shape index (κ3) is 64.6. The van der Waals surface area contributed by atoms with Crippen LogP contribution in [0.5, 0.6) is 0 Å². The summed E-state index contributed by atoms with van der Waals surface area (Å²) in [6.45, 7) is 4.21. The van der Waals surface area contributed by atoms with E-state index in [-0.39, 0.29) is 26.1 Å². The van der Waals surface area contributed by atoms with Gasteiger partial charge in [-0.15, -0.1) is 0 Å². The summed E-state index contributed by atoms with van der Waals surface area (Å²) in [7, 11) is 1.16. The van der Waals surface area contributed by atoms with Crippen molar-refractivity contribution in [2.24, 2.45) is 0 Å². The van der Waals surface area contributed by atoms with E-state index in [1.165, 1.54) is 199 Å². The van der Waals surface area contributed by atoms with Crippen molar-refractivity contribution >= 4 is 19.8 Å². The van der Waals surface area contributed by atoms with Gasteiger partial charge in [-0.3, -0.25) is 14.2 Å². The summed E-state index contributed by atoms with van der Waals surface area (Å²) < 4.78 is 34.2. The van der Waals surface area contributed by atoms with Gasteiger partial charge < -0.3 is 27.9 Å². The quantitative estimate of drug-likeness (QED) is 0.0195. The number of nitrogens with zero attached hydrogens (tertiary/aromatic N) is 1. The number of ether oxygens (including phenoxy) is 2. The second kappa shape index (κ2) is 61.0. The molecule has 2 unspecified atom stereocenters. The lowest BCUT2D eigenvalue weighted by molar-refractivity contribution is -0.870. The normalized spacial score (nSPS) is 13.6. The minimum atomic E-state index is -4.64. The van der Waals surface area contributed by atoms with Crippen LogP contribution in [0.4, 0.5) is 0 Å². The first-order valence-electron chi connectivity index (χ1n) is 33.6. The molecule has 0 spiro atoms. The number of carbonyl (C=O) groups is 2. The molecule has 0 amide bonds. The van der Waals surface area contributed by atoms with Crippen molar-refractivity contribution in [1.29, 1.82) is 0 Å². The van der Waals surface area contributed by atoms with Gasteiger partial charge in [0.25, 0.3) is 7.82 Å². The molecule has 0 aromatic rings. The van der Waals surface area contributed by atoms with Gasteiger partial charge in [0.2, 0.25) is 0 Å². The van der Waals surface area contributed by atoms with Crippen LogP contribution in [-0.4, -0.2) is 70.0 Å². The number of hydrogen-bond acceptors (Lipinski definition) is 8. The summed E-state index contributed by atoms with van der Waals surface area (Å²) >= 11 is 0. The first kappa shape index (κ1) is 77.5. The standard InChI is InChI=1S/C70H128NO8P/c1-6-8-10-12-14-16-18-20-22-24-26-27-28-29-30-31-32-33-34-35-36-37-38-39-40-41-42-43-45-47-49-51-53-55-57-59-61-63-70(73)79-68(67-78-80(74,75)77-65-64-71(3,4)5)66-76-69(72)62-60-58-56-54-52-50-48-46-44-25-23-21-19-17-15-13-11-9-7-2/h15,17-18,20-21,23-24,26,28-29,44,46,68H,6-14,16,19,22,25,27,30-43,45,47-67H2,1-5H3/b17-15-,20-18-,23-21-,26-24-,29-28-,46-44-. The van der Waals surface area contributed by atoms with Gasteiger partial charge in [0, 0.05) is 12.8 Å². The Kier molecular flexibility index (Phi) is 59.1. The molecule has 0 bridgehead atoms. The summed E-state index contributed by atoms with van der Waals surface area (Å²) in [5.41, 5.74) is 0. The minimum Gasteiger partial charge on any atom is -0.756 e. The lowest BCUT2D eigenvalue weighted by Gasteiger charge is -2.28. The van der Waals surface area contributed by atoms with Crippen LogP contribution in [0.3, 0.4) is 0 Å². The molecule has 0 N–H and O–H groups in total. The highest BCUT2D eigenvalue weighted by Gasteiger charge is 2.22. The number of allylic oxidation sites excluding steroid dienone is 12. The maximum atomic E-state index is 12.8. The average Bonchev–Trinajstić information content (AvgIpc) is 3.42. The van der Waals surface area contributed by atoms with E-state index in [1.54, 1.807) is 0 Å². The number of carbonyl (C=O) groups excluding carboxylic acids is 2. The zero-order chi connectivity index (χ0) is 58.4. The zero-order valence-corrected chi connectivity index (χ0v) is 53.9.